The first-order valence-electron chi connectivity index (χ1n) is 8.22. The van der Waals surface area contributed by atoms with Gasteiger partial charge in [0, 0.05) is 28.7 Å². The first kappa shape index (κ1) is 16.3. The van der Waals surface area contributed by atoms with Gasteiger partial charge >= 0.3 is 5.97 Å². The van der Waals surface area contributed by atoms with Crippen LogP contribution in [-0.4, -0.2) is 17.6 Å². The Morgan fingerprint density at radius 3 is 2.58 bits per heavy atom. The van der Waals surface area contributed by atoms with Gasteiger partial charge in [0.2, 0.25) is 0 Å². The van der Waals surface area contributed by atoms with Gasteiger partial charge in [-0.25, -0.2) is 4.79 Å². The fourth-order valence-corrected chi connectivity index (χ4v) is 3.01. The fraction of sp³-hybridized carbons (Fsp3) is 0.250. The molecule has 3 rings (SSSR count). The van der Waals surface area contributed by atoms with E-state index in [9.17, 15) is 4.79 Å². The Morgan fingerprint density at radius 2 is 1.83 bits per heavy atom. The van der Waals surface area contributed by atoms with Crippen LogP contribution in [0.2, 0.25) is 0 Å². The van der Waals surface area contributed by atoms with E-state index in [0.29, 0.717) is 13.2 Å². The molecule has 24 heavy (non-hydrogen) atoms. The Balaban J connectivity index is 1.94. The van der Waals surface area contributed by atoms with Crippen LogP contribution in [0, 0.1) is 6.92 Å². The molecule has 0 saturated heterocycles. The zero-order valence-electron chi connectivity index (χ0n) is 14.0. The van der Waals surface area contributed by atoms with E-state index in [1.807, 2.05) is 68.4 Å². The third-order valence-corrected chi connectivity index (χ3v) is 4.11. The number of benzene rings is 2. The number of para-hydroxylation sites is 1. The highest BCUT2D eigenvalue weighted by Gasteiger charge is 2.26. The van der Waals surface area contributed by atoms with Crippen LogP contribution < -0.4 is 5.32 Å². The SMILES string of the molecule is CCOC(=O)C(NCc1ccccc1)c1c(C)[nH]c2ccccc12. The van der Waals surface area contributed by atoms with E-state index in [0.717, 1.165) is 27.7 Å². The molecule has 2 N–H and O–H groups in total. The molecule has 0 bridgehead atoms. The largest absolute Gasteiger partial charge is 0.465 e. The molecule has 2 aromatic carbocycles. The molecule has 1 unspecified atom stereocenters. The number of carbonyl (C=O) groups is 1. The van der Waals surface area contributed by atoms with Crippen molar-refractivity contribution in [1.82, 2.24) is 10.3 Å². The van der Waals surface area contributed by atoms with Gasteiger partial charge in [-0.05, 0) is 25.5 Å². The zero-order chi connectivity index (χ0) is 16.9. The van der Waals surface area contributed by atoms with Crippen LogP contribution in [0.4, 0.5) is 0 Å². The van der Waals surface area contributed by atoms with Crippen molar-refractivity contribution in [2.24, 2.45) is 0 Å². The lowest BCUT2D eigenvalue weighted by atomic mass is 10.0. The van der Waals surface area contributed by atoms with Crippen molar-refractivity contribution in [2.75, 3.05) is 6.61 Å². The number of esters is 1. The van der Waals surface area contributed by atoms with E-state index in [-0.39, 0.29) is 5.97 Å². The maximum absolute atomic E-state index is 12.6. The lowest BCUT2D eigenvalue weighted by Gasteiger charge is -2.18. The van der Waals surface area contributed by atoms with Gasteiger partial charge in [0.05, 0.1) is 6.61 Å². The average molecular weight is 322 g/mol. The number of hydrogen-bond acceptors (Lipinski definition) is 3. The number of aromatic nitrogens is 1. The molecule has 0 radical (unpaired) electrons. The second kappa shape index (κ2) is 7.32. The minimum absolute atomic E-state index is 0.249. The summed E-state index contributed by atoms with van der Waals surface area (Å²) < 4.78 is 5.30. The Kier molecular flexibility index (Phi) is 4.96. The number of nitrogens with one attached hydrogen (secondary N) is 2. The van der Waals surface area contributed by atoms with Crippen molar-refractivity contribution in [1.29, 1.82) is 0 Å². The number of rotatable bonds is 6. The van der Waals surface area contributed by atoms with Gasteiger partial charge < -0.3 is 9.72 Å². The normalized spacial score (nSPS) is 12.2. The van der Waals surface area contributed by atoms with Crippen LogP contribution in [0.3, 0.4) is 0 Å². The molecular formula is C20H22N2O2. The highest BCUT2D eigenvalue weighted by atomic mass is 16.5. The van der Waals surface area contributed by atoms with Gasteiger partial charge in [-0.1, -0.05) is 48.5 Å². The Bertz CT molecular complexity index is 824. The summed E-state index contributed by atoms with van der Waals surface area (Å²) in [5, 5.41) is 4.41. The van der Waals surface area contributed by atoms with Gasteiger partial charge in [-0.15, -0.1) is 0 Å². The smallest absolute Gasteiger partial charge is 0.327 e. The molecule has 3 aromatic rings. The topological polar surface area (TPSA) is 54.1 Å². The summed E-state index contributed by atoms with van der Waals surface area (Å²) in [7, 11) is 0. The lowest BCUT2D eigenvalue weighted by Crippen LogP contribution is -2.30. The molecule has 1 atom stereocenters. The van der Waals surface area contributed by atoms with E-state index in [2.05, 4.69) is 10.3 Å². The number of ether oxygens (including phenoxy) is 1. The van der Waals surface area contributed by atoms with Crippen molar-refractivity contribution in [3.05, 3.63) is 71.4 Å². The third-order valence-electron chi connectivity index (χ3n) is 4.11. The molecule has 1 heterocycles. The van der Waals surface area contributed by atoms with E-state index in [1.165, 1.54) is 0 Å². The molecular weight excluding hydrogens is 300 g/mol. The Morgan fingerprint density at radius 1 is 1.12 bits per heavy atom. The van der Waals surface area contributed by atoms with Crippen LogP contribution in [0.15, 0.2) is 54.6 Å². The highest BCUT2D eigenvalue weighted by Crippen LogP contribution is 2.29. The molecule has 0 amide bonds. The van der Waals surface area contributed by atoms with Gasteiger partial charge in [0.15, 0.2) is 0 Å². The number of H-pyrrole nitrogens is 1. The van der Waals surface area contributed by atoms with Crippen LogP contribution >= 0.6 is 0 Å². The summed E-state index contributed by atoms with van der Waals surface area (Å²) >= 11 is 0. The number of carbonyl (C=O) groups excluding carboxylic acids is 1. The number of fused-ring (bicyclic) bond motifs is 1. The predicted octanol–water partition coefficient (Wildman–Crippen LogP) is 3.87. The lowest BCUT2D eigenvalue weighted by molar-refractivity contribution is -0.145. The van der Waals surface area contributed by atoms with E-state index < -0.39 is 6.04 Å². The highest BCUT2D eigenvalue weighted by molar-refractivity contribution is 5.91. The fourth-order valence-electron chi connectivity index (χ4n) is 3.01. The quantitative estimate of drug-likeness (QED) is 0.677. The van der Waals surface area contributed by atoms with Gasteiger partial charge in [-0.3, -0.25) is 5.32 Å². The summed E-state index contributed by atoms with van der Waals surface area (Å²) in [4.78, 5) is 15.9. The first-order valence-corrected chi connectivity index (χ1v) is 8.22. The van der Waals surface area contributed by atoms with Crippen molar-refractivity contribution in [3.8, 4) is 0 Å². The monoisotopic (exact) mass is 322 g/mol. The second-order valence-corrected chi connectivity index (χ2v) is 5.76. The summed E-state index contributed by atoms with van der Waals surface area (Å²) in [5.41, 5.74) is 4.10. The number of aromatic amines is 1. The standard InChI is InChI=1S/C20H22N2O2/c1-3-24-20(23)19(21-13-15-9-5-4-6-10-15)18-14(2)22-17-12-8-7-11-16(17)18/h4-12,19,21-22H,3,13H2,1-2H3. The second-order valence-electron chi connectivity index (χ2n) is 5.76. The van der Waals surface area contributed by atoms with Crippen LogP contribution in [-0.2, 0) is 16.1 Å². The molecule has 4 nitrogen and oxygen atoms in total. The van der Waals surface area contributed by atoms with Gasteiger partial charge in [0.1, 0.15) is 6.04 Å². The summed E-state index contributed by atoms with van der Waals surface area (Å²) in [6.07, 6.45) is 0. The van der Waals surface area contributed by atoms with E-state index >= 15 is 0 Å². The minimum Gasteiger partial charge on any atom is -0.465 e. The predicted molar refractivity (Wildman–Crippen MR) is 95.7 cm³/mol. The van der Waals surface area contributed by atoms with Gasteiger partial charge in [-0.2, -0.15) is 0 Å². The number of hydrogen-bond donors (Lipinski definition) is 2. The maximum Gasteiger partial charge on any atom is 0.327 e. The number of aryl methyl sites for hydroxylation is 1. The molecule has 1 aromatic heterocycles. The third kappa shape index (κ3) is 3.34. The summed E-state index contributed by atoms with van der Waals surface area (Å²) in [6, 6.07) is 17.6. The minimum atomic E-state index is -0.499. The van der Waals surface area contributed by atoms with Crippen LogP contribution in [0.1, 0.15) is 29.8 Å². The van der Waals surface area contributed by atoms with Crippen molar-refractivity contribution in [3.63, 3.8) is 0 Å². The molecule has 4 heteroatoms. The molecule has 0 aliphatic carbocycles. The first-order chi connectivity index (χ1) is 11.7. The van der Waals surface area contributed by atoms with Crippen molar-refractivity contribution < 1.29 is 9.53 Å². The summed E-state index contributed by atoms with van der Waals surface area (Å²) in [6.45, 7) is 4.78. The molecule has 0 aliphatic rings. The summed E-state index contributed by atoms with van der Waals surface area (Å²) in [5.74, 6) is -0.249. The van der Waals surface area contributed by atoms with Crippen LogP contribution in [0.5, 0.6) is 0 Å². The Labute approximate surface area is 141 Å². The molecule has 124 valence electrons. The maximum atomic E-state index is 12.6. The Hall–Kier alpha value is -2.59. The van der Waals surface area contributed by atoms with Crippen molar-refractivity contribution in [2.45, 2.75) is 26.4 Å². The zero-order valence-corrected chi connectivity index (χ0v) is 14.0. The van der Waals surface area contributed by atoms with Crippen LogP contribution in [0.25, 0.3) is 10.9 Å². The molecule has 0 saturated carbocycles. The molecule has 0 spiro atoms. The van der Waals surface area contributed by atoms with Gasteiger partial charge in [0.25, 0.3) is 0 Å². The molecule has 0 fully saturated rings. The average Bonchev–Trinajstić information content (AvgIpc) is 2.93. The molecule has 0 aliphatic heterocycles. The van der Waals surface area contributed by atoms with E-state index in [4.69, 9.17) is 4.74 Å². The van der Waals surface area contributed by atoms with E-state index in [1.54, 1.807) is 0 Å². The van der Waals surface area contributed by atoms with Crippen molar-refractivity contribution >= 4 is 16.9 Å².